The molecule has 2 aromatic rings. The Morgan fingerprint density at radius 3 is 2.76 bits per heavy atom. The van der Waals surface area contributed by atoms with E-state index in [2.05, 4.69) is 25.9 Å². The van der Waals surface area contributed by atoms with Gasteiger partial charge in [0.25, 0.3) is 0 Å². The van der Waals surface area contributed by atoms with E-state index in [1.807, 2.05) is 0 Å². The summed E-state index contributed by atoms with van der Waals surface area (Å²) in [7, 11) is 0. The third-order valence-electron chi connectivity index (χ3n) is 1.85. The van der Waals surface area contributed by atoms with E-state index < -0.39 is 0 Å². The molecule has 17 heavy (non-hydrogen) atoms. The summed E-state index contributed by atoms with van der Waals surface area (Å²) in [6.07, 6.45) is 1.37. The molecule has 0 amide bonds. The van der Waals surface area contributed by atoms with Crippen molar-refractivity contribution in [1.82, 2.24) is 9.97 Å². The van der Waals surface area contributed by atoms with E-state index in [1.165, 1.54) is 6.20 Å². The number of aromatic nitrogens is 2. The lowest BCUT2D eigenvalue weighted by molar-refractivity contribution is 0.464. The first-order chi connectivity index (χ1) is 8.06. The highest BCUT2D eigenvalue weighted by atomic mass is 79.9. The molecular formula is C10H6BrCl2N3O. The molecule has 0 aliphatic rings. The molecule has 1 heterocycles. The third kappa shape index (κ3) is 3.00. The van der Waals surface area contributed by atoms with Crippen LogP contribution in [0.4, 0.5) is 5.69 Å². The molecule has 0 radical (unpaired) electrons. The number of rotatable bonds is 2. The highest BCUT2D eigenvalue weighted by Gasteiger charge is 2.09. The van der Waals surface area contributed by atoms with Gasteiger partial charge in [0.1, 0.15) is 11.4 Å². The molecule has 0 fully saturated rings. The van der Waals surface area contributed by atoms with Gasteiger partial charge in [-0.2, -0.15) is 4.98 Å². The number of nitrogens with zero attached hydrogens (tertiary/aromatic N) is 2. The highest BCUT2D eigenvalue weighted by Crippen LogP contribution is 2.33. The summed E-state index contributed by atoms with van der Waals surface area (Å²) in [4.78, 5) is 7.59. The third-order valence-corrected chi connectivity index (χ3v) is 2.82. The molecule has 88 valence electrons. The van der Waals surface area contributed by atoms with Crippen LogP contribution < -0.4 is 10.5 Å². The van der Waals surface area contributed by atoms with Crippen molar-refractivity contribution in [3.63, 3.8) is 0 Å². The Hall–Kier alpha value is -1.04. The molecule has 0 aliphatic carbocycles. The first-order valence-electron chi connectivity index (χ1n) is 4.47. The first-order valence-corrected chi connectivity index (χ1v) is 6.02. The van der Waals surface area contributed by atoms with Crippen LogP contribution in [0.15, 0.2) is 28.9 Å². The van der Waals surface area contributed by atoms with Gasteiger partial charge in [0.15, 0.2) is 0 Å². The molecule has 1 aromatic carbocycles. The van der Waals surface area contributed by atoms with E-state index in [4.69, 9.17) is 33.7 Å². The SMILES string of the molecule is Nc1cnc(Cl)nc1Oc1ccc(Br)cc1Cl. The molecular weight excluding hydrogens is 329 g/mol. The van der Waals surface area contributed by atoms with Gasteiger partial charge in [-0.25, -0.2) is 4.98 Å². The molecule has 0 atom stereocenters. The van der Waals surface area contributed by atoms with Gasteiger partial charge in [-0.05, 0) is 29.8 Å². The van der Waals surface area contributed by atoms with Crippen LogP contribution in [0.3, 0.4) is 0 Å². The number of halogens is 3. The van der Waals surface area contributed by atoms with E-state index in [0.717, 1.165) is 4.47 Å². The minimum atomic E-state index is 0.0578. The number of nitrogen functional groups attached to an aromatic ring is 1. The normalized spacial score (nSPS) is 10.3. The second-order valence-electron chi connectivity index (χ2n) is 3.08. The summed E-state index contributed by atoms with van der Waals surface area (Å²) in [6.45, 7) is 0. The van der Waals surface area contributed by atoms with E-state index in [1.54, 1.807) is 18.2 Å². The minimum Gasteiger partial charge on any atom is -0.435 e. The lowest BCUT2D eigenvalue weighted by Crippen LogP contribution is -1.97. The average Bonchev–Trinajstić information content (AvgIpc) is 2.27. The van der Waals surface area contributed by atoms with Crippen LogP contribution >= 0.6 is 39.1 Å². The average molecular weight is 335 g/mol. The Morgan fingerprint density at radius 1 is 1.29 bits per heavy atom. The molecule has 0 bridgehead atoms. The Kier molecular flexibility index (Phi) is 3.71. The summed E-state index contributed by atoms with van der Waals surface area (Å²) in [6, 6.07) is 5.19. The van der Waals surface area contributed by atoms with E-state index >= 15 is 0 Å². The fraction of sp³-hybridized carbons (Fsp3) is 0. The molecule has 2 rings (SSSR count). The van der Waals surface area contributed by atoms with Crippen LogP contribution in [0.2, 0.25) is 10.3 Å². The number of benzene rings is 1. The summed E-state index contributed by atoms with van der Waals surface area (Å²) < 4.78 is 6.31. The smallest absolute Gasteiger partial charge is 0.247 e. The van der Waals surface area contributed by atoms with Gasteiger partial charge >= 0.3 is 0 Å². The van der Waals surface area contributed by atoms with E-state index in [-0.39, 0.29) is 16.9 Å². The molecule has 0 aliphatic heterocycles. The second kappa shape index (κ2) is 5.08. The first kappa shape index (κ1) is 12.4. The van der Waals surface area contributed by atoms with Crippen molar-refractivity contribution >= 4 is 44.8 Å². The topological polar surface area (TPSA) is 61.0 Å². The molecule has 0 saturated heterocycles. The van der Waals surface area contributed by atoms with Gasteiger partial charge in [-0.3, -0.25) is 0 Å². The van der Waals surface area contributed by atoms with Crippen molar-refractivity contribution in [3.8, 4) is 11.6 Å². The second-order valence-corrected chi connectivity index (χ2v) is 4.74. The van der Waals surface area contributed by atoms with Crippen LogP contribution in [0, 0.1) is 0 Å². The lowest BCUT2D eigenvalue weighted by Gasteiger charge is -2.08. The summed E-state index contributed by atoms with van der Waals surface area (Å²) in [5.41, 5.74) is 5.94. The van der Waals surface area contributed by atoms with Crippen LogP contribution in [0.5, 0.6) is 11.6 Å². The number of hydrogen-bond acceptors (Lipinski definition) is 4. The van der Waals surface area contributed by atoms with E-state index in [0.29, 0.717) is 10.8 Å². The maximum absolute atomic E-state index is 6.00. The monoisotopic (exact) mass is 333 g/mol. The molecule has 4 nitrogen and oxygen atoms in total. The summed E-state index contributed by atoms with van der Waals surface area (Å²) >= 11 is 14.9. The van der Waals surface area contributed by atoms with Gasteiger partial charge in [-0.1, -0.05) is 27.5 Å². The van der Waals surface area contributed by atoms with Crippen molar-refractivity contribution in [2.24, 2.45) is 0 Å². The van der Waals surface area contributed by atoms with Crippen molar-refractivity contribution < 1.29 is 4.74 Å². The van der Waals surface area contributed by atoms with Gasteiger partial charge in [0, 0.05) is 4.47 Å². The predicted octanol–water partition coefficient (Wildman–Crippen LogP) is 3.92. The largest absolute Gasteiger partial charge is 0.435 e. The fourth-order valence-corrected chi connectivity index (χ4v) is 1.94. The Morgan fingerprint density at radius 2 is 2.06 bits per heavy atom. The van der Waals surface area contributed by atoms with Crippen LogP contribution in [-0.2, 0) is 0 Å². The van der Waals surface area contributed by atoms with Crippen molar-refractivity contribution in [1.29, 1.82) is 0 Å². The van der Waals surface area contributed by atoms with Gasteiger partial charge in [-0.15, -0.1) is 0 Å². The zero-order chi connectivity index (χ0) is 12.4. The van der Waals surface area contributed by atoms with E-state index in [9.17, 15) is 0 Å². The zero-order valence-corrected chi connectivity index (χ0v) is 11.4. The van der Waals surface area contributed by atoms with Crippen LogP contribution in [-0.4, -0.2) is 9.97 Å². The van der Waals surface area contributed by atoms with Gasteiger partial charge < -0.3 is 10.5 Å². The van der Waals surface area contributed by atoms with Crippen LogP contribution in [0.1, 0.15) is 0 Å². The molecule has 2 N–H and O–H groups in total. The van der Waals surface area contributed by atoms with Crippen molar-refractivity contribution in [3.05, 3.63) is 39.2 Å². The predicted molar refractivity (Wildman–Crippen MR) is 70.7 cm³/mol. The molecule has 1 aromatic heterocycles. The molecule has 0 saturated carbocycles. The van der Waals surface area contributed by atoms with Crippen LogP contribution in [0.25, 0.3) is 0 Å². The number of ether oxygens (including phenoxy) is 1. The highest BCUT2D eigenvalue weighted by molar-refractivity contribution is 9.10. The van der Waals surface area contributed by atoms with Gasteiger partial charge in [0.05, 0.1) is 11.2 Å². The summed E-state index contributed by atoms with van der Waals surface area (Å²) in [5.74, 6) is 0.616. The van der Waals surface area contributed by atoms with Crippen molar-refractivity contribution in [2.45, 2.75) is 0 Å². The minimum absolute atomic E-state index is 0.0578. The Labute approximate surface area is 116 Å². The number of nitrogens with two attached hydrogens (primary N) is 1. The maximum Gasteiger partial charge on any atom is 0.247 e. The quantitative estimate of drug-likeness (QED) is 0.845. The van der Waals surface area contributed by atoms with Gasteiger partial charge in [0.2, 0.25) is 11.2 Å². The fourth-order valence-electron chi connectivity index (χ4n) is 1.10. The lowest BCUT2D eigenvalue weighted by atomic mass is 10.3. The molecule has 0 unspecified atom stereocenters. The standard InChI is InChI=1S/C10H6BrCl2N3O/c11-5-1-2-8(6(12)3-5)17-9-7(14)4-15-10(13)16-9/h1-4H,14H2. The number of hydrogen-bond donors (Lipinski definition) is 1. The van der Waals surface area contributed by atoms with Crippen molar-refractivity contribution in [2.75, 3.05) is 5.73 Å². The number of anilines is 1. The summed E-state index contributed by atoms with van der Waals surface area (Å²) in [5, 5.41) is 0.496. The maximum atomic E-state index is 6.00. The zero-order valence-electron chi connectivity index (χ0n) is 8.32. The Bertz CT molecular complexity index is 565. The Balaban J connectivity index is 2.34. The molecule has 7 heteroatoms. The molecule has 0 spiro atoms.